The monoisotopic (exact) mass is 405 g/mol. The number of hydrogen-bond acceptors (Lipinski definition) is 5. The van der Waals surface area contributed by atoms with Crippen molar-refractivity contribution in [2.24, 2.45) is 4.99 Å². The molecule has 0 saturated heterocycles. The normalized spacial score (nSPS) is 11.4. The predicted molar refractivity (Wildman–Crippen MR) is 67.0 cm³/mol. The predicted octanol–water partition coefficient (Wildman–Crippen LogP) is 0.888. The van der Waals surface area contributed by atoms with Crippen LogP contribution < -0.4 is 0 Å². The first kappa shape index (κ1) is 16.3. The zero-order chi connectivity index (χ0) is 12.4. The molecule has 0 saturated carbocycles. The first-order chi connectivity index (χ1) is 7.58. The molecule has 3 N–H and O–H groups in total. The Balaban J connectivity index is 0.00000106. The van der Waals surface area contributed by atoms with E-state index in [1.54, 1.807) is 45.0 Å². The third-order valence-electron chi connectivity index (χ3n) is 1.56. The van der Waals surface area contributed by atoms with E-state index in [2.05, 4.69) is 17.8 Å². The number of aliphatic imine (C=N–C) groups is 1. The van der Waals surface area contributed by atoms with Crippen LogP contribution in [0.1, 0.15) is 12.2 Å². The van der Waals surface area contributed by atoms with Crippen LogP contribution in [0.5, 0.6) is 0 Å². The summed E-state index contributed by atoms with van der Waals surface area (Å²) in [6.07, 6.45) is 3.57. The Hall–Kier alpha value is 0.296. The van der Waals surface area contributed by atoms with E-state index >= 15 is 0 Å². The summed E-state index contributed by atoms with van der Waals surface area (Å²) < 4.78 is 4.99. The molecule has 1 aromatic heterocycles. The SMILES string of the molecule is O[Si](O)(O)CCCN=Cc1ccco1.[Cu][I]. The summed E-state index contributed by atoms with van der Waals surface area (Å²) in [5.41, 5.74) is 0. The van der Waals surface area contributed by atoms with E-state index < -0.39 is 8.80 Å². The Morgan fingerprint density at radius 2 is 2.12 bits per heavy atom. The molecule has 96 valence electrons. The Labute approximate surface area is 115 Å². The molecule has 0 atom stereocenters. The second-order valence-electron chi connectivity index (χ2n) is 2.93. The third kappa shape index (κ3) is 9.52. The van der Waals surface area contributed by atoms with E-state index in [-0.39, 0.29) is 6.04 Å². The van der Waals surface area contributed by atoms with E-state index in [0.717, 1.165) is 0 Å². The van der Waals surface area contributed by atoms with Crippen LogP contribution in [-0.4, -0.2) is 36.0 Å². The molecule has 0 aliphatic heterocycles. The van der Waals surface area contributed by atoms with Gasteiger partial charge in [-0.3, -0.25) is 4.99 Å². The second kappa shape index (κ2) is 9.34. The number of nitrogens with zero attached hydrogens (tertiary/aromatic N) is 1. The average Bonchev–Trinajstić information content (AvgIpc) is 2.71. The summed E-state index contributed by atoms with van der Waals surface area (Å²) in [5, 5.41) is 0. The Morgan fingerprint density at radius 1 is 1.44 bits per heavy atom. The van der Waals surface area contributed by atoms with Gasteiger partial charge >= 0.3 is 41.9 Å². The van der Waals surface area contributed by atoms with Crippen molar-refractivity contribution >= 4 is 35.4 Å². The maximum atomic E-state index is 8.68. The molecular formula is C8H13CuINO4Si. The van der Waals surface area contributed by atoms with Gasteiger partial charge in [-0.15, -0.1) is 0 Å². The van der Waals surface area contributed by atoms with Crippen LogP contribution in [0.15, 0.2) is 27.8 Å². The summed E-state index contributed by atoms with van der Waals surface area (Å²) in [5.74, 6) is 0.658. The first-order valence-corrected chi connectivity index (χ1v) is 9.48. The van der Waals surface area contributed by atoms with Gasteiger partial charge in [0.15, 0.2) is 0 Å². The molecule has 5 nitrogen and oxygen atoms in total. The van der Waals surface area contributed by atoms with Crippen molar-refractivity contribution in [1.29, 1.82) is 0 Å². The van der Waals surface area contributed by atoms with Crippen molar-refractivity contribution in [3.05, 3.63) is 24.2 Å². The van der Waals surface area contributed by atoms with E-state index in [0.29, 0.717) is 18.7 Å². The molecular weight excluding hydrogens is 393 g/mol. The van der Waals surface area contributed by atoms with Crippen molar-refractivity contribution in [1.82, 2.24) is 0 Å². The summed E-state index contributed by atoms with van der Waals surface area (Å²) in [4.78, 5) is 30.0. The van der Waals surface area contributed by atoms with Gasteiger partial charge in [0, 0.05) is 12.6 Å². The molecule has 16 heavy (non-hydrogen) atoms. The van der Waals surface area contributed by atoms with Crippen molar-refractivity contribution in [2.75, 3.05) is 6.54 Å². The van der Waals surface area contributed by atoms with Crippen molar-refractivity contribution in [3.8, 4) is 0 Å². The van der Waals surface area contributed by atoms with Crippen LogP contribution in [0.2, 0.25) is 6.04 Å². The summed E-state index contributed by atoms with van der Waals surface area (Å²) >= 11 is 5.87. The van der Waals surface area contributed by atoms with Gasteiger partial charge in [-0.05, 0) is 18.6 Å². The zero-order valence-corrected chi connectivity index (χ0v) is 12.4. The summed E-state index contributed by atoms with van der Waals surface area (Å²) in [7, 11) is -3.87. The fourth-order valence-corrected chi connectivity index (χ4v) is 1.56. The van der Waals surface area contributed by atoms with Crippen molar-refractivity contribution < 1.29 is 31.6 Å². The standard InChI is InChI=1S/C8H13NO4Si.Cu.HI/c10-14(11,12)6-2-4-9-7-8-3-1-5-13-8;;/h1,3,5,7,10-12H,2,4,6H2;;1H/q;+1;/p-1. The Bertz CT molecular complexity index is 289. The maximum absolute atomic E-state index is 8.68. The quantitative estimate of drug-likeness (QED) is 0.294. The zero-order valence-electron chi connectivity index (χ0n) is 8.31. The molecule has 0 unspecified atom stereocenters. The van der Waals surface area contributed by atoms with Gasteiger partial charge in [-0.1, -0.05) is 0 Å². The third-order valence-corrected chi connectivity index (χ3v) is 2.59. The average molecular weight is 406 g/mol. The Morgan fingerprint density at radius 3 is 2.62 bits per heavy atom. The van der Waals surface area contributed by atoms with Crippen LogP contribution in [0.3, 0.4) is 0 Å². The van der Waals surface area contributed by atoms with Crippen LogP contribution in [0.4, 0.5) is 0 Å². The molecule has 8 heteroatoms. The van der Waals surface area contributed by atoms with Gasteiger partial charge in [0.1, 0.15) is 5.76 Å². The van der Waals surface area contributed by atoms with Gasteiger partial charge in [-0.2, -0.15) is 0 Å². The van der Waals surface area contributed by atoms with E-state index in [1.807, 2.05) is 0 Å². The van der Waals surface area contributed by atoms with E-state index in [9.17, 15) is 0 Å². The molecule has 0 fully saturated rings. The topological polar surface area (TPSA) is 86.2 Å². The molecule has 0 radical (unpaired) electrons. The van der Waals surface area contributed by atoms with Gasteiger partial charge in [0.25, 0.3) is 0 Å². The van der Waals surface area contributed by atoms with Crippen LogP contribution in [-0.2, 0) is 12.8 Å². The van der Waals surface area contributed by atoms with Crippen LogP contribution in [0, 0.1) is 0 Å². The molecule has 0 bridgehead atoms. The fourth-order valence-electron chi connectivity index (χ4n) is 0.927. The Kier molecular flexibility index (Phi) is 9.51. The molecule has 0 spiro atoms. The molecule has 0 aliphatic carbocycles. The first-order valence-electron chi connectivity index (χ1n) is 4.40. The van der Waals surface area contributed by atoms with Crippen molar-refractivity contribution in [3.63, 3.8) is 0 Å². The molecule has 0 aromatic carbocycles. The minimum absolute atomic E-state index is 0.0164. The summed E-state index contributed by atoms with van der Waals surface area (Å²) in [6.45, 7) is 0.442. The van der Waals surface area contributed by atoms with Gasteiger partial charge < -0.3 is 18.8 Å². The van der Waals surface area contributed by atoms with Crippen molar-refractivity contribution in [2.45, 2.75) is 12.5 Å². The molecule has 0 aliphatic rings. The number of rotatable bonds is 5. The van der Waals surface area contributed by atoms with E-state index in [1.165, 1.54) is 0 Å². The molecule has 0 amide bonds. The molecule has 1 aromatic rings. The van der Waals surface area contributed by atoms with Crippen LogP contribution in [0.25, 0.3) is 0 Å². The van der Waals surface area contributed by atoms with Gasteiger partial charge in [0.05, 0.1) is 12.5 Å². The number of halogens is 1. The van der Waals surface area contributed by atoms with E-state index in [4.69, 9.17) is 18.8 Å². The summed E-state index contributed by atoms with van der Waals surface area (Å²) in [6, 6.07) is 3.55. The number of furan rings is 1. The van der Waals surface area contributed by atoms with Gasteiger partial charge in [0.2, 0.25) is 0 Å². The van der Waals surface area contributed by atoms with Crippen LogP contribution >= 0.6 is 20.3 Å². The molecule has 1 rings (SSSR count). The minimum atomic E-state index is -3.87. The second-order valence-corrected chi connectivity index (χ2v) is 4.98. The molecule has 1 heterocycles. The van der Waals surface area contributed by atoms with Gasteiger partial charge in [-0.25, -0.2) is 0 Å². The number of hydrogen-bond donors (Lipinski definition) is 3. The fraction of sp³-hybridized carbons (Fsp3) is 0.375.